The van der Waals surface area contributed by atoms with Gasteiger partial charge >= 0.3 is 0 Å². The normalized spacial score (nSPS) is 19.4. The van der Waals surface area contributed by atoms with Crippen molar-refractivity contribution in [2.45, 2.75) is 90.8 Å². The Kier molecular flexibility index (Phi) is 7.12. The second-order valence-electron chi connectivity index (χ2n) is 9.52. The molecule has 160 valence electrons. The maximum atomic E-state index is 9.89. The number of nitrogens with one attached hydrogen (secondary N) is 1. The molecule has 2 heterocycles. The number of hydrogen-bond acceptors (Lipinski definition) is 5. The summed E-state index contributed by atoms with van der Waals surface area (Å²) in [4.78, 5) is 12.1. The Bertz CT molecular complexity index is 814. The summed E-state index contributed by atoms with van der Waals surface area (Å²) in [6.45, 7) is 12.3. The highest BCUT2D eigenvalue weighted by Crippen LogP contribution is 2.23. The summed E-state index contributed by atoms with van der Waals surface area (Å²) in [6, 6.07) is 7.44. The lowest BCUT2D eigenvalue weighted by Gasteiger charge is -2.24. The van der Waals surface area contributed by atoms with Crippen molar-refractivity contribution in [3.63, 3.8) is 0 Å². The molecule has 2 atom stereocenters. The minimum absolute atomic E-state index is 0.482. The summed E-state index contributed by atoms with van der Waals surface area (Å²) in [7, 11) is 0. The molecule has 0 bridgehead atoms. The van der Waals surface area contributed by atoms with Crippen LogP contribution in [0.5, 0.6) is 0 Å². The predicted octanol–water partition coefficient (Wildman–Crippen LogP) is 4.52. The number of anilines is 1. The lowest BCUT2D eigenvalue weighted by molar-refractivity contribution is 0.0674. The third-order valence-corrected chi connectivity index (χ3v) is 5.99. The molecule has 1 saturated heterocycles. The molecule has 0 amide bonds. The van der Waals surface area contributed by atoms with Crippen LogP contribution in [0.3, 0.4) is 0 Å². The molecule has 3 rings (SSSR count). The Morgan fingerprint density at radius 3 is 2.76 bits per heavy atom. The molecule has 5 heteroatoms. The van der Waals surface area contributed by atoms with Gasteiger partial charge in [-0.3, -0.25) is 0 Å². The number of fused-ring (bicyclic) bond motifs is 1. The average Bonchev–Trinajstić information content (AvgIpc) is 2.85. The smallest absolute Gasteiger partial charge is 0.226 e. The van der Waals surface area contributed by atoms with Gasteiger partial charge in [0.1, 0.15) is 0 Å². The molecule has 1 aliphatic rings. The highest BCUT2D eigenvalue weighted by molar-refractivity contribution is 5.82. The Labute approximate surface area is 175 Å². The molecule has 0 spiro atoms. The van der Waals surface area contributed by atoms with Crippen molar-refractivity contribution in [3.05, 3.63) is 29.5 Å². The number of nitrogens with zero attached hydrogens (tertiary/aromatic N) is 3. The highest BCUT2D eigenvalue weighted by Gasteiger charge is 2.21. The third-order valence-electron chi connectivity index (χ3n) is 5.99. The van der Waals surface area contributed by atoms with Gasteiger partial charge in [-0.2, -0.15) is 0 Å². The van der Waals surface area contributed by atoms with Gasteiger partial charge in [0.2, 0.25) is 5.95 Å². The van der Waals surface area contributed by atoms with Gasteiger partial charge in [0.15, 0.2) is 0 Å². The van der Waals surface area contributed by atoms with E-state index in [0.717, 1.165) is 67.7 Å². The summed E-state index contributed by atoms with van der Waals surface area (Å²) < 4.78 is 0. The number of aryl methyl sites for hydroxylation is 2. The van der Waals surface area contributed by atoms with E-state index in [-0.39, 0.29) is 0 Å². The minimum atomic E-state index is -0.556. The van der Waals surface area contributed by atoms with Crippen LogP contribution in [0.4, 0.5) is 5.95 Å². The quantitative estimate of drug-likeness (QED) is 0.718. The Balaban J connectivity index is 1.58. The first kappa shape index (κ1) is 22.0. The molecule has 1 aromatic heterocycles. The van der Waals surface area contributed by atoms with Gasteiger partial charge < -0.3 is 15.3 Å². The second kappa shape index (κ2) is 9.40. The molecule has 2 aromatic rings. The zero-order chi connectivity index (χ0) is 21.0. The van der Waals surface area contributed by atoms with Crippen molar-refractivity contribution in [3.8, 4) is 0 Å². The molecule has 1 aliphatic heterocycles. The molecule has 0 saturated carbocycles. The Morgan fingerprint density at radius 1 is 1.21 bits per heavy atom. The van der Waals surface area contributed by atoms with Crippen molar-refractivity contribution in [1.82, 2.24) is 15.3 Å². The van der Waals surface area contributed by atoms with Crippen molar-refractivity contribution in [1.29, 1.82) is 0 Å². The van der Waals surface area contributed by atoms with E-state index in [2.05, 4.69) is 49.2 Å². The summed E-state index contributed by atoms with van der Waals surface area (Å²) in [5.41, 5.74) is 2.79. The fraction of sp³-hybridized carbons (Fsp3) is 0.667. The topological polar surface area (TPSA) is 61.3 Å². The van der Waals surface area contributed by atoms with E-state index in [1.54, 1.807) is 0 Å². The Hall–Kier alpha value is -1.72. The van der Waals surface area contributed by atoms with Gasteiger partial charge in [0, 0.05) is 30.6 Å². The van der Waals surface area contributed by atoms with E-state index in [9.17, 15) is 5.11 Å². The summed E-state index contributed by atoms with van der Waals surface area (Å²) >= 11 is 0. The van der Waals surface area contributed by atoms with Crippen LogP contribution in [0.15, 0.2) is 18.2 Å². The van der Waals surface area contributed by atoms with E-state index in [4.69, 9.17) is 9.97 Å². The van der Waals surface area contributed by atoms with Gasteiger partial charge in [-0.15, -0.1) is 0 Å². The van der Waals surface area contributed by atoms with Gasteiger partial charge in [-0.05, 0) is 84.8 Å². The fourth-order valence-corrected chi connectivity index (χ4v) is 4.31. The lowest BCUT2D eigenvalue weighted by atomic mass is 9.99. The molecular weight excluding hydrogens is 360 g/mol. The van der Waals surface area contributed by atoms with Crippen molar-refractivity contribution >= 4 is 16.9 Å². The van der Waals surface area contributed by atoms with Gasteiger partial charge in [-0.1, -0.05) is 12.1 Å². The van der Waals surface area contributed by atoms with Crippen LogP contribution in [0.2, 0.25) is 0 Å². The number of rotatable bonds is 7. The third kappa shape index (κ3) is 6.38. The van der Waals surface area contributed by atoms with Gasteiger partial charge in [0.05, 0.1) is 16.8 Å². The van der Waals surface area contributed by atoms with Crippen LogP contribution in [-0.2, 0) is 0 Å². The SMILES string of the molecule is Cc1ccc2c(C)nc(N3CCC[C@@H](N[C@H](C)CCCC(C)(C)O)CC3)nc2c1. The summed E-state index contributed by atoms with van der Waals surface area (Å²) in [5, 5.41) is 14.9. The minimum Gasteiger partial charge on any atom is -0.390 e. The molecular formula is C24H38N4O. The van der Waals surface area contributed by atoms with E-state index in [0.29, 0.717) is 12.1 Å². The summed E-state index contributed by atoms with van der Waals surface area (Å²) in [5.74, 6) is 0.875. The van der Waals surface area contributed by atoms with Crippen molar-refractivity contribution in [2.24, 2.45) is 0 Å². The van der Waals surface area contributed by atoms with Crippen LogP contribution < -0.4 is 10.2 Å². The van der Waals surface area contributed by atoms with E-state index >= 15 is 0 Å². The molecule has 0 radical (unpaired) electrons. The first-order valence-corrected chi connectivity index (χ1v) is 11.2. The van der Waals surface area contributed by atoms with Crippen LogP contribution in [0.1, 0.15) is 70.6 Å². The predicted molar refractivity (Wildman–Crippen MR) is 122 cm³/mol. The average molecular weight is 399 g/mol. The first-order chi connectivity index (χ1) is 13.7. The van der Waals surface area contributed by atoms with Crippen LogP contribution in [-0.4, -0.2) is 45.8 Å². The van der Waals surface area contributed by atoms with Gasteiger partial charge in [0.25, 0.3) is 0 Å². The summed E-state index contributed by atoms with van der Waals surface area (Å²) in [6.07, 6.45) is 6.48. The molecule has 0 unspecified atom stereocenters. The van der Waals surface area contributed by atoms with Crippen molar-refractivity contribution < 1.29 is 5.11 Å². The van der Waals surface area contributed by atoms with E-state index < -0.39 is 5.60 Å². The van der Waals surface area contributed by atoms with Gasteiger partial charge in [-0.25, -0.2) is 9.97 Å². The largest absolute Gasteiger partial charge is 0.390 e. The monoisotopic (exact) mass is 398 g/mol. The number of aliphatic hydroxyl groups is 1. The van der Waals surface area contributed by atoms with Crippen LogP contribution >= 0.6 is 0 Å². The molecule has 2 N–H and O–H groups in total. The molecule has 1 aromatic carbocycles. The maximum absolute atomic E-state index is 9.89. The molecule has 0 aliphatic carbocycles. The maximum Gasteiger partial charge on any atom is 0.226 e. The molecule has 5 nitrogen and oxygen atoms in total. The number of aromatic nitrogens is 2. The Morgan fingerprint density at radius 2 is 2.00 bits per heavy atom. The van der Waals surface area contributed by atoms with Crippen LogP contribution in [0.25, 0.3) is 10.9 Å². The number of benzene rings is 1. The van der Waals surface area contributed by atoms with E-state index in [1.807, 2.05) is 13.8 Å². The van der Waals surface area contributed by atoms with Crippen LogP contribution in [0, 0.1) is 13.8 Å². The van der Waals surface area contributed by atoms with Crippen molar-refractivity contribution in [2.75, 3.05) is 18.0 Å². The standard InChI is InChI=1S/C24H38N4O/c1-17-10-11-21-19(3)26-23(27-22(21)16-17)28-14-7-9-20(12-15-28)25-18(2)8-6-13-24(4,5)29/h10-11,16,18,20,25,29H,6-9,12-15H2,1-5H3/t18-,20-/m1/s1. The second-order valence-corrected chi connectivity index (χ2v) is 9.52. The first-order valence-electron chi connectivity index (χ1n) is 11.2. The fourth-order valence-electron chi connectivity index (χ4n) is 4.31. The molecule has 29 heavy (non-hydrogen) atoms. The zero-order valence-corrected chi connectivity index (χ0v) is 18.8. The zero-order valence-electron chi connectivity index (χ0n) is 18.8. The molecule has 1 fully saturated rings. The number of hydrogen-bond donors (Lipinski definition) is 2. The highest BCUT2D eigenvalue weighted by atomic mass is 16.3. The van der Waals surface area contributed by atoms with E-state index in [1.165, 1.54) is 12.0 Å². The lowest BCUT2D eigenvalue weighted by Crippen LogP contribution is -2.37.